The zero-order chi connectivity index (χ0) is 13.2. The quantitative estimate of drug-likeness (QED) is 0.831. The Morgan fingerprint density at radius 1 is 1.32 bits per heavy atom. The van der Waals surface area contributed by atoms with Crippen LogP contribution < -0.4 is 15.4 Å². The van der Waals surface area contributed by atoms with Crippen LogP contribution in [0.4, 0.5) is 5.69 Å². The normalized spacial score (nSPS) is 28.2. The van der Waals surface area contributed by atoms with E-state index in [0.717, 1.165) is 28.4 Å². The van der Waals surface area contributed by atoms with E-state index < -0.39 is 0 Å². The molecule has 0 radical (unpaired) electrons. The molecule has 2 bridgehead atoms. The SMILES string of the molecule is COc1cccc(NC(=S)N[C@H]2C[C@H]3CC[C@@H]2C3)c1. The van der Waals surface area contributed by atoms with Crippen molar-refractivity contribution in [1.29, 1.82) is 0 Å². The first-order valence-corrected chi connectivity index (χ1v) is 7.37. The largest absolute Gasteiger partial charge is 0.497 e. The molecule has 4 heteroatoms. The number of hydrogen-bond acceptors (Lipinski definition) is 2. The maximum atomic E-state index is 5.40. The fourth-order valence-corrected chi connectivity index (χ4v) is 3.73. The summed E-state index contributed by atoms with van der Waals surface area (Å²) < 4.78 is 5.21. The number of thiocarbonyl (C=S) groups is 1. The third-order valence-corrected chi connectivity index (χ3v) is 4.60. The summed E-state index contributed by atoms with van der Waals surface area (Å²) in [6, 6.07) is 8.41. The number of benzene rings is 1. The molecule has 3 nitrogen and oxygen atoms in total. The molecule has 2 fully saturated rings. The Morgan fingerprint density at radius 2 is 2.21 bits per heavy atom. The zero-order valence-corrected chi connectivity index (χ0v) is 12.0. The number of nitrogens with one attached hydrogen (secondary N) is 2. The van der Waals surface area contributed by atoms with E-state index in [1.807, 2.05) is 24.3 Å². The van der Waals surface area contributed by atoms with Gasteiger partial charge in [0.25, 0.3) is 0 Å². The molecule has 0 aliphatic heterocycles. The first kappa shape index (κ1) is 12.7. The molecule has 2 aliphatic rings. The maximum absolute atomic E-state index is 5.40. The van der Waals surface area contributed by atoms with Gasteiger partial charge in [0.2, 0.25) is 0 Å². The van der Waals surface area contributed by atoms with Crippen molar-refractivity contribution in [2.75, 3.05) is 12.4 Å². The monoisotopic (exact) mass is 276 g/mol. The van der Waals surface area contributed by atoms with Crippen LogP contribution in [0.15, 0.2) is 24.3 Å². The van der Waals surface area contributed by atoms with Crippen molar-refractivity contribution in [3.05, 3.63) is 24.3 Å². The molecule has 0 unspecified atom stereocenters. The average Bonchev–Trinajstić information content (AvgIpc) is 3.01. The van der Waals surface area contributed by atoms with Gasteiger partial charge in [0.15, 0.2) is 5.11 Å². The van der Waals surface area contributed by atoms with Crippen LogP contribution in [0.25, 0.3) is 0 Å². The highest BCUT2D eigenvalue weighted by Crippen LogP contribution is 2.44. The summed E-state index contributed by atoms with van der Waals surface area (Å²) in [6.45, 7) is 0. The number of rotatable bonds is 3. The van der Waals surface area contributed by atoms with Crippen molar-refractivity contribution in [2.24, 2.45) is 11.8 Å². The van der Waals surface area contributed by atoms with Crippen LogP contribution in [0, 0.1) is 11.8 Å². The minimum Gasteiger partial charge on any atom is -0.497 e. The molecule has 2 N–H and O–H groups in total. The molecule has 1 aromatic rings. The standard InChI is InChI=1S/C15H20N2OS/c1-18-13-4-2-3-12(9-13)16-15(19)17-14-8-10-5-6-11(14)7-10/h2-4,9-11,14H,5-8H2,1H3,(H2,16,17,19)/t10-,11+,14-/m0/s1. The lowest BCUT2D eigenvalue weighted by molar-refractivity contribution is 0.392. The van der Waals surface area contributed by atoms with Crippen LogP contribution >= 0.6 is 12.2 Å². The van der Waals surface area contributed by atoms with Gasteiger partial charge in [-0.1, -0.05) is 12.5 Å². The molecule has 0 amide bonds. The maximum Gasteiger partial charge on any atom is 0.171 e. The van der Waals surface area contributed by atoms with Gasteiger partial charge < -0.3 is 15.4 Å². The molecule has 0 spiro atoms. The third kappa shape index (κ3) is 2.84. The summed E-state index contributed by atoms with van der Waals surface area (Å²) in [6.07, 6.45) is 5.45. The van der Waals surface area contributed by atoms with E-state index in [1.165, 1.54) is 25.7 Å². The van der Waals surface area contributed by atoms with E-state index in [4.69, 9.17) is 17.0 Å². The van der Waals surface area contributed by atoms with Crippen LogP contribution in [0.3, 0.4) is 0 Å². The van der Waals surface area contributed by atoms with Crippen LogP contribution in [0.5, 0.6) is 5.75 Å². The first-order chi connectivity index (χ1) is 9.24. The molecule has 2 aliphatic carbocycles. The molecule has 2 saturated carbocycles. The molecule has 1 aromatic carbocycles. The van der Waals surface area contributed by atoms with E-state index in [1.54, 1.807) is 7.11 Å². The molecule has 19 heavy (non-hydrogen) atoms. The summed E-state index contributed by atoms with van der Waals surface area (Å²) in [5, 5.41) is 7.45. The lowest BCUT2D eigenvalue weighted by Crippen LogP contribution is -2.40. The Morgan fingerprint density at radius 3 is 2.89 bits per heavy atom. The lowest BCUT2D eigenvalue weighted by Gasteiger charge is -2.24. The van der Waals surface area contributed by atoms with Gasteiger partial charge in [-0.25, -0.2) is 0 Å². The van der Waals surface area contributed by atoms with Crippen LogP contribution in [0.1, 0.15) is 25.7 Å². The van der Waals surface area contributed by atoms with Crippen LogP contribution in [-0.2, 0) is 0 Å². The van der Waals surface area contributed by atoms with Gasteiger partial charge in [-0.2, -0.15) is 0 Å². The van der Waals surface area contributed by atoms with Crippen molar-refractivity contribution in [2.45, 2.75) is 31.7 Å². The second-order valence-electron chi connectivity index (χ2n) is 5.61. The van der Waals surface area contributed by atoms with Gasteiger partial charge in [-0.05, 0) is 55.4 Å². The fourth-order valence-electron chi connectivity index (χ4n) is 3.46. The van der Waals surface area contributed by atoms with Gasteiger partial charge in [-0.3, -0.25) is 0 Å². The highest BCUT2D eigenvalue weighted by molar-refractivity contribution is 7.80. The molecule has 102 valence electrons. The van der Waals surface area contributed by atoms with E-state index in [9.17, 15) is 0 Å². The van der Waals surface area contributed by atoms with Crippen molar-refractivity contribution >= 4 is 23.0 Å². The van der Waals surface area contributed by atoms with Crippen LogP contribution in [0.2, 0.25) is 0 Å². The molecule has 0 saturated heterocycles. The van der Waals surface area contributed by atoms with Gasteiger partial charge in [0.1, 0.15) is 5.75 Å². The first-order valence-electron chi connectivity index (χ1n) is 6.96. The predicted molar refractivity (Wildman–Crippen MR) is 81.6 cm³/mol. The van der Waals surface area contributed by atoms with E-state index in [-0.39, 0.29) is 0 Å². The Bertz CT molecular complexity index is 477. The van der Waals surface area contributed by atoms with Crippen molar-refractivity contribution in [1.82, 2.24) is 5.32 Å². The molecule has 3 atom stereocenters. The second kappa shape index (κ2) is 5.37. The Labute approximate surface area is 119 Å². The fraction of sp³-hybridized carbons (Fsp3) is 0.533. The number of hydrogen-bond donors (Lipinski definition) is 2. The van der Waals surface area contributed by atoms with Gasteiger partial charge in [0.05, 0.1) is 7.11 Å². The van der Waals surface area contributed by atoms with Crippen LogP contribution in [-0.4, -0.2) is 18.3 Å². The summed E-state index contributed by atoms with van der Waals surface area (Å²) >= 11 is 5.40. The third-order valence-electron chi connectivity index (χ3n) is 4.38. The second-order valence-corrected chi connectivity index (χ2v) is 6.02. The Balaban J connectivity index is 1.56. The topological polar surface area (TPSA) is 33.3 Å². The Kier molecular flexibility index (Phi) is 3.60. The lowest BCUT2D eigenvalue weighted by atomic mass is 9.96. The van der Waals surface area contributed by atoms with Crippen molar-refractivity contribution in [3.63, 3.8) is 0 Å². The molecular formula is C15H20N2OS. The molecule has 0 heterocycles. The minimum atomic E-state index is 0.573. The van der Waals surface area contributed by atoms with Crippen molar-refractivity contribution < 1.29 is 4.74 Å². The average molecular weight is 276 g/mol. The summed E-state index contributed by atoms with van der Waals surface area (Å²) in [4.78, 5) is 0. The number of ether oxygens (including phenoxy) is 1. The summed E-state index contributed by atoms with van der Waals surface area (Å²) in [5.74, 6) is 2.60. The van der Waals surface area contributed by atoms with Gasteiger partial charge in [-0.15, -0.1) is 0 Å². The summed E-state index contributed by atoms with van der Waals surface area (Å²) in [7, 11) is 1.67. The number of methoxy groups -OCH3 is 1. The Hall–Kier alpha value is -1.29. The molecule has 0 aromatic heterocycles. The van der Waals surface area contributed by atoms with Gasteiger partial charge in [0, 0.05) is 17.8 Å². The highest BCUT2D eigenvalue weighted by atomic mass is 32.1. The highest BCUT2D eigenvalue weighted by Gasteiger charge is 2.39. The number of anilines is 1. The summed E-state index contributed by atoms with van der Waals surface area (Å²) in [5.41, 5.74) is 0.972. The van der Waals surface area contributed by atoms with Crippen molar-refractivity contribution in [3.8, 4) is 5.75 Å². The molecule has 3 rings (SSSR count). The number of fused-ring (bicyclic) bond motifs is 2. The predicted octanol–water partition coefficient (Wildman–Crippen LogP) is 3.17. The van der Waals surface area contributed by atoms with E-state index in [2.05, 4.69) is 10.6 Å². The smallest absolute Gasteiger partial charge is 0.171 e. The van der Waals surface area contributed by atoms with E-state index in [0.29, 0.717) is 6.04 Å². The van der Waals surface area contributed by atoms with Gasteiger partial charge >= 0.3 is 0 Å². The van der Waals surface area contributed by atoms with E-state index >= 15 is 0 Å². The molecular weight excluding hydrogens is 256 g/mol. The minimum absolute atomic E-state index is 0.573. The zero-order valence-electron chi connectivity index (χ0n) is 11.2.